The minimum absolute atomic E-state index is 0.279. The molecule has 2 rings (SSSR count). The normalized spacial score (nSPS) is 11.3. The van der Waals surface area contributed by atoms with Crippen LogP contribution in [-0.2, 0) is 21.8 Å². The number of benzene rings is 1. The highest BCUT2D eigenvalue weighted by molar-refractivity contribution is 9.10. The smallest absolute Gasteiger partial charge is 0.209 e. The summed E-state index contributed by atoms with van der Waals surface area (Å²) in [5, 5.41) is 12.1. The minimum Gasteiger partial charge on any atom is -0.354 e. The second-order valence-corrected chi connectivity index (χ2v) is 5.97. The zero-order valence-corrected chi connectivity index (χ0v) is 13.9. The van der Waals surface area contributed by atoms with Gasteiger partial charge in [0.15, 0.2) is 6.29 Å². The van der Waals surface area contributed by atoms with Crippen molar-refractivity contribution in [2.45, 2.75) is 23.7 Å². The largest absolute Gasteiger partial charge is 0.354 e. The summed E-state index contributed by atoms with van der Waals surface area (Å²) in [7, 11) is 3.10. The molecule has 0 spiro atoms. The summed E-state index contributed by atoms with van der Waals surface area (Å²) >= 11 is 4.69. The standard InChI is InChI=1S/C12H14BrFN4O2S/c1-19-11(20-2)6-18-12(15-16-17-18)21-7-8-3-9(13)5-10(14)4-8/h3-5,11H,6-7H2,1-2H3. The first-order valence-corrected chi connectivity index (χ1v) is 7.79. The van der Waals surface area contributed by atoms with Crippen LogP contribution in [0, 0.1) is 5.82 Å². The van der Waals surface area contributed by atoms with Crippen molar-refractivity contribution in [1.82, 2.24) is 20.2 Å². The molecule has 0 saturated heterocycles. The fraction of sp³-hybridized carbons (Fsp3) is 0.417. The van der Waals surface area contributed by atoms with Gasteiger partial charge in [-0.1, -0.05) is 27.7 Å². The summed E-state index contributed by atoms with van der Waals surface area (Å²) in [6.07, 6.45) is -0.420. The van der Waals surface area contributed by atoms with Crippen LogP contribution in [0.25, 0.3) is 0 Å². The molecule has 114 valence electrons. The van der Waals surface area contributed by atoms with Crippen molar-refractivity contribution in [2.75, 3.05) is 14.2 Å². The van der Waals surface area contributed by atoms with Crippen molar-refractivity contribution in [2.24, 2.45) is 0 Å². The maximum atomic E-state index is 13.3. The highest BCUT2D eigenvalue weighted by atomic mass is 79.9. The summed E-state index contributed by atoms with van der Waals surface area (Å²) in [6, 6.07) is 4.76. The topological polar surface area (TPSA) is 62.1 Å². The number of methoxy groups -OCH3 is 2. The Morgan fingerprint density at radius 3 is 2.76 bits per heavy atom. The first kappa shape index (κ1) is 16.3. The average Bonchev–Trinajstić information content (AvgIpc) is 2.88. The van der Waals surface area contributed by atoms with E-state index >= 15 is 0 Å². The van der Waals surface area contributed by atoms with Gasteiger partial charge < -0.3 is 9.47 Å². The molecule has 2 aromatic rings. The number of thioether (sulfide) groups is 1. The van der Waals surface area contributed by atoms with Crippen LogP contribution in [0.1, 0.15) is 5.56 Å². The van der Waals surface area contributed by atoms with Gasteiger partial charge in [0.2, 0.25) is 5.16 Å². The van der Waals surface area contributed by atoms with Gasteiger partial charge >= 0.3 is 0 Å². The van der Waals surface area contributed by atoms with E-state index in [-0.39, 0.29) is 5.82 Å². The SMILES string of the molecule is COC(Cn1nnnc1SCc1cc(F)cc(Br)c1)OC. The highest BCUT2D eigenvalue weighted by Gasteiger charge is 2.13. The molecule has 0 atom stereocenters. The van der Waals surface area contributed by atoms with Crippen LogP contribution >= 0.6 is 27.7 Å². The maximum Gasteiger partial charge on any atom is 0.209 e. The van der Waals surface area contributed by atoms with Crippen LogP contribution < -0.4 is 0 Å². The number of nitrogens with zero attached hydrogens (tertiary/aromatic N) is 4. The zero-order chi connectivity index (χ0) is 15.2. The van der Waals surface area contributed by atoms with Crippen LogP contribution in [0.2, 0.25) is 0 Å². The molecule has 1 aromatic heterocycles. The van der Waals surface area contributed by atoms with Crippen molar-refractivity contribution in [3.63, 3.8) is 0 Å². The van der Waals surface area contributed by atoms with Gasteiger partial charge in [-0.2, -0.15) is 0 Å². The van der Waals surface area contributed by atoms with E-state index in [1.165, 1.54) is 23.9 Å². The maximum absolute atomic E-state index is 13.3. The third-order valence-corrected chi connectivity index (χ3v) is 4.12. The predicted molar refractivity (Wildman–Crippen MR) is 79.3 cm³/mol. The van der Waals surface area contributed by atoms with Crippen molar-refractivity contribution < 1.29 is 13.9 Å². The molecule has 0 aliphatic heterocycles. The highest BCUT2D eigenvalue weighted by Crippen LogP contribution is 2.23. The minimum atomic E-state index is -0.420. The van der Waals surface area contributed by atoms with Gasteiger partial charge in [0.1, 0.15) is 5.82 Å². The second-order valence-electron chi connectivity index (χ2n) is 4.11. The Labute approximate surface area is 134 Å². The number of halogens is 2. The van der Waals surface area contributed by atoms with Crippen LogP contribution in [-0.4, -0.2) is 40.7 Å². The van der Waals surface area contributed by atoms with Crippen LogP contribution in [0.15, 0.2) is 27.8 Å². The van der Waals surface area contributed by atoms with Crippen LogP contribution in [0.3, 0.4) is 0 Å². The molecule has 1 heterocycles. The second kappa shape index (κ2) is 7.83. The van der Waals surface area contributed by atoms with E-state index < -0.39 is 6.29 Å². The lowest BCUT2D eigenvalue weighted by Gasteiger charge is -2.13. The first-order chi connectivity index (χ1) is 10.1. The summed E-state index contributed by atoms with van der Waals surface area (Å²) < 4.78 is 25.9. The van der Waals surface area contributed by atoms with Gasteiger partial charge in [0, 0.05) is 24.4 Å². The van der Waals surface area contributed by atoms with Crippen LogP contribution in [0.4, 0.5) is 4.39 Å². The molecule has 0 aliphatic rings. The molecule has 0 radical (unpaired) electrons. The zero-order valence-electron chi connectivity index (χ0n) is 11.5. The fourth-order valence-electron chi connectivity index (χ4n) is 1.64. The monoisotopic (exact) mass is 376 g/mol. The Kier molecular flexibility index (Phi) is 6.09. The molecule has 0 unspecified atom stereocenters. The van der Waals surface area contributed by atoms with Gasteiger partial charge in [-0.3, -0.25) is 0 Å². The van der Waals surface area contributed by atoms with Crippen LogP contribution in [0.5, 0.6) is 0 Å². The molecule has 6 nitrogen and oxygen atoms in total. The van der Waals surface area contributed by atoms with E-state index in [9.17, 15) is 4.39 Å². The van der Waals surface area contributed by atoms with Crippen molar-refractivity contribution in [3.8, 4) is 0 Å². The molecule has 1 aromatic carbocycles. The van der Waals surface area contributed by atoms with Gasteiger partial charge in [0.05, 0.1) is 6.54 Å². The lowest BCUT2D eigenvalue weighted by atomic mass is 10.2. The number of rotatable bonds is 7. The third kappa shape index (κ3) is 4.73. The molecule has 0 N–H and O–H groups in total. The molecule has 0 aliphatic carbocycles. The van der Waals surface area contributed by atoms with Crippen molar-refractivity contribution in [1.29, 1.82) is 0 Å². The summed E-state index contributed by atoms with van der Waals surface area (Å²) in [4.78, 5) is 0. The number of ether oxygens (including phenoxy) is 2. The quantitative estimate of drug-likeness (QED) is 0.546. The van der Waals surface area contributed by atoms with Gasteiger partial charge in [-0.25, -0.2) is 9.07 Å². The lowest BCUT2D eigenvalue weighted by molar-refractivity contribution is -0.113. The fourth-order valence-corrected chi connectivity index (χ4v) is 2.97. The lowest BCUT2D eigenvalue weighted by Crippen LogP contribution is -2.21. The Balaban J connectivity index is 2.02. The first-order valence-electron chi connectivity index (χ1n) is 6.02. The van der Waals surface area contributed by atoms with E-state index in [1.54, 1.807) is 18.9 Å². The van der Waals surface area contributed by atoms with E-state index in [4.69, 9.17) is 9.47 Å². The van der Waals surface area contributed by atoms with Gasteiger partial charge in [0.25, 0.3) is 0 Å². The number of tetrazole rings is 1. The Bertz CT molecular complexity index is 574. The van der Waals surface area contributed by atoms with Gasteiger partial charge in [-0.05, 0) is 34.2 Å². The van der Waals surface area contributed by atoms with E-state index in [2.05, 4.69) is 31.5 Å². The Hall–Kier alpha value is -1.03. The summed E-state index contributed by atoms with van der Waals surface area (Å²) in [5.74, 6) is 0.278. The van der Waals surface area contributed by atoms with Crippen molar-refractivity contribution >= 4 is 27.7 Å². The molecule has 0 saturated carbocycles. The average molecular weight is 377 g/mol. The number of hydrogen-bond donors (Lipinski definition) is 0. The summed E-state index contributed by atoms with van der Waals surface area (Å²) in [6.45, 7) is 0.384. The third-order valence-electron chi connectivity index (χ3n) is 2.64. The predicted octanol–water partition coefficient (Wildman–Crippen LogP) is 2.49. The number of hydrogen-bond acceptors (Lipinski definition) is 6. The molecule has 0 amide bonds. The van der Waals surface area contributed by atoms with Crippen molar-refractivity contribution in [3.05, 3.63) is 34.1 Å². The molecule has 0 fully saturated rings. The summed E-state index contributed by atoms with van der Waals surface area (Å²) in [5.41, 5.74) is 0.844. The molecule has 21 heavy (non-hydrogen) atoms. The van der Waals surface area contributed by atoms with Gasteiger partial charge in [-0.15, -0.1) is 5.10 Å². The number of aromatic nitrogens is 4. The molecular weight excluding hydrogens is 363 g/mol. The Morgan fingerprint density at radius 2 is 2.10 bits per heavy atom. The van der Waals surface area contributed by atoms with E-state index in [0.717, 1.165) is 5.56 Å². The van der Waals surface area contributed by atoms with E-state index in [1.807, 2.05) is 6.07 Å². The molecular formula is C12H14BrFN4O2S. The van der Waals surface area contributed by atoms with E-state index in [0.29, 0.717) is 21.9 Å². The Morgan fingerprint density at radius 1 is 1.33 bits per heavy atom. The molecule has 0 bridgehead atoms. The molecule has 9 heteroatoms.